The van der Waals surface area contributed by atoms with Crippen LogP contribution in [-0.2, 0) is 7.05 Å². The molecule has 2 aliphatic rings. The molecule has 0 amide bonds. The minimum Gasteiger partial charge on any atom is -0.392 e. The molecular formula is C16H24N6O. The molecule has 124 valence electrons. The number of hydrogen-bond acceptors (Lipinski definition) is 6. The lowest BCUT2D eigenvalue weighted by atomic mass is 10.0. The summed E-state index contributed by atoms with van der Waals surface area (Å²) in [6.07, 6.45) is 4.90. The lowest BCUT2D eigenvalue weighted by molar-refractivity contribution is 0.148. The first-order valence-electron chi connectivity index (χ1n) is 8.45. The number of anilines is 1. The van der Waals surface area contributed by atoms with E-state index >= 15 is 0 Å². The van der Waals surface area contributed by atoms with E-state index in [0.29, 0.717) is 6.04 Å². The van der Waals surface area contributed by atoms with Gasteiger partial charge in [0.05, 0.1) is 17.7 Å². The second kappa shape index (κ2) is 5.72. The third-order valence-electron chi connectivity index (χ3n) is 5.16. The summed E-state index contributed by atoms with van der Waals surface area (Å²) in [5.74, 6) is 1.81. The average molecular weight is 316 g/mol. The second-order valence-corrected chi connectivity index (χ2v) is 6.76. The minimum absolute atomic E-state index is 0.132. The van der Waals surface area contributed by atoms with Crippen molar-refractivity contribution in [2.75, 3.05) is 31.1 Å². The number of nitrogens with zero attached hydrogens (tertiary/aromatic N) is 6. The molecule has 2 aromatic rings. The van der Waals surface area contributed by atoms with Crippen molar-refractivity contribution in [3.05, 3.63) is 12.0 Å². The van der Waals surface area contributed by atoms with Crippen molar-refractivity contribution in [3.8, 4) is 0 Å². The van der Waals surface area contributed by atoms with Gasteiger partial charge < -0.3 is 10.0 Å². The van der Waals surface area contributed by atoms with Crippen LogP contribution in [0.5, 0.6) is 0 Å². The standard InChI is InChI=1S/C16H24N6O/c1-11-18-15-14(9-17-20(15)2)16(19-11)21-6-3-12(4-7-21)22-8-5-13(23)10-22/h9,12-13,23H,3-8,10H2,1-2H3. The highest BCUT2D eigenvalue weighted by molar-refractivity contribution is 5.87. The molecule has 0 radical (unpaired) electrons. The number of hydrogen-bond donors (Lipinski definition) is 1. The Bertz CT molecular complexity index is 706. The smallest absolute Gasteiger partial charge is 0.163 e. The molecule has 1 atom stereocenters. The maximum Gasteiger partial charge on any atom is 0.163 e. The van der Waals surface area contributed by atoms with Gasteiger partial charge in [0.25, 0.3) is 0 Å². The SMILES string of the molecule is Cc1nc(N2CCC(N3CCC(O)C3)CC2)c2cnn(C)c2n1. The summed E-state index contributed by atoms with van der Waals surface area (Å²) >= 11 is 0. The summed E-state index contributed by atoms with van der Waals surface area (Å²) in [5, 5.41) is 15.1. The van der Waals surface area contributed by atoms with Gasteiger partial charge in [0.15, 0.2) is 5.65 Å². The van der Waals surface area contributed by atoms with Gasteiger partial charge in [0.2, 0.25) is 0 Å². The molecule has 2 fully saturated rings. The van der Waals surface area contributed by atoms with Crippen LogP contribution in [0, 0.1) is 6.92 Å². The van der Waals surface area contributed by atoms with Crippen molar-refractivity contribution < 1.29 is 5.11 Å². The van der Waals surface area contributed by atoms with Gasteiger partial charge in [-0.05, 0) is 26.2 Å². The highest BCUT2D eigenvalue weighted by atomic mass is 16.3. The molecule has 1 N–H and O–H groups in total. The lowest BCUT2D eigenvalue weighted by Gasteiger charge is -2.37. The van der Waals surface area contributed by atoms with Crippen LogP contribution in [0.4, 0.5) is 5.82 Å². The van der Waals surface area contributed by atoms with Crippen LogP contribution >= 0.6 is 0 Å². The Hall–Kier alpha value is -1.73. The predicted molar refractivity (Wildman–Crippen MR) is 88.5 cm³/mol. The lowest BCUT2D eigenvalue weighted by Crippen LogP contribution is -2.44. The largest absolute Gasteiger partial charge is 0.392 e. The minimum atomic E-state index is -0.132. The number of aryl methyl sites for hydroxylation is 2. The van der Waals surface area contributed by atoms with Gasteiger partial charge in [0.1, 0.15) is 11.6 Å². The van der Waals surface area contributed by atoms with Gasteiger partial charge in [-0.25, -0.2) is 9.97 Å². The monoisotopic (exact) mass is 316 g/mol. The van der Waals surface area contributed by atoms with Crippen LogP contribution in [-0.4, -0.2) is 68.1 Å². The van der Waals surface area contributed by atoms with Crippen molar-refractivity contribution in [2.24, 2.45) is 7.05 Å². The Labute approximate surface area is 135 Å². The number of aliphatic hydroxyl groups is 1. The highest BCUT2D eigenvalue weighted by Gasteiger charge is 2.30. The van der Waals surface area contributed by atoms with Crippen LogP contribution in [0.3, 0.4) is 0 Å². The fourth-order valence-electron chi connectivity index (χ4n) is 3.90. The Morgan fingerprint density at radius 3 is 2.61 bits per heavy atom. The molecule has 7 nitrogen and oxygen atoms in total. The number of aliphatic hydroxyl groups excluding tert-OH is 1. The molecule has 0 aromatic carbocycles. The maximum absolute atomic E-state index is 9.73. The van der Waals surface area contributed by atoms with E-state index in [0.717, 1.165) is 68.1 Å². The quantitative estimate of drug-likeness (QED) is 0.880. The zero-order chi connectivity index (χ0) is 16.0. The molecular weight excluding hydrogens is 292 g/mol. The second-order valence-electron chi connectivity index (χ2n) is 6.76. The number of piperidine rings is 1. The summed E-state index contributed by atoms with van der Waals surface area (Å²) in [7, 11) is 1.92. The van der Waals surface area contributed by atoms with E-state index < -0.39 is 0 Å². The zero-order valence-corrected chi connectivity index (χ0v) is 13.8. The van der Waals surface area contributed by atoms with Crippen molar-refractivity contribution in [3.63, 3.8) is 0 Å². The summed E-state index contributed by atoms with van der Waals surface area (Å²) < 4.78 is 1.81. The third kappa shape index (κ3) is 2.68. The normalized spacial score (nSPS) is 24.0. The first kappa shape index (κ1) is 14.8. The van der Waals surface area contributed by atoms with Crippen molar-refractivity contribution >= 4 is 16.9 Å². The first-order valence-corrected chi connectivity index (χ1v) is 8.45. The first-order chi connectivity index (χ1) is 11.1. The Kier molecular flexibility index (Phi) is 3.69. The molecule has 2 aromatic heterocycles. The van der Waals surface area contributed by atoms with E-state index in [1.165, 1.54) is 0 Å². The number of aromatic nitrogens is 4. The Morgan fingerprint density at radius 2 is 1.91 bits per heavy atom. The van der Waals surface area contributed by atoms with E-state index in [2.05, 4.69) is 24.9 Å². The van der Waals surface area contributed by atoms with E-state index in [4.69, 9.17) is 0 Å². The topological polar surface area (TPSA) is 70.3 Å². The van der Waals surface area contributed by atoms with Crippen LogP contribution in [0.15, 0.2) is 6.20 Å². The summed E-state index contributed by atoms with van der Waals surface area (Å²) in [6, 6.07) is 0.593. The van der Waals surface area contributed by atoms with Crippen LogP contribution in [0.1, 0.15) is 25.1 Å². The molecule has 4 heterocycles. The molecule has 4 rings (SSSR count). The summed E-state index contributed by atoms with van der Waals surface area (Å²) in [6.45, 7) is 5.80. The van der Waals surface area contributed by atoms with Crippen molar-refractivity contribution in [2.45, 2.75) is 38.3 Å². The predicted octanol–water partition coefficient (Wildman–Crippen LogP) is 0.707. The zero-order valence-electron chi connectivity index (χ0n) is 13.8. The molecule has 1 unspecified atom stereocenters. The van der Waals surface area contributed by atoms with E-state index in [1.807, 2.05) is 24.9 Å². The summed E-state index contributed by atoms with van der Waals surface area (Å²) in [4.78, 5) is 14.0. The van der Waals surface area contributed by atoms with E-state index in [-0.39, 0.29) is 6.10 Å². The number of β-amino-alcohol motifs (C(OH)–C–C–N with tert-alkyl or cyclic N) is 1. The van der Waals surface area contributed by atoms with Gasteiger partial charge in [-0.3, -0.25) is 9.58 Å². The molecule has 2 aliphatic heterocycles. The van der Waals surface area contributed by atoms with Gasteiger partial charge in [0, 0.05) is 39.3 Å². The number of likely N-dealkylation sites (tertiary alicyclic amines) is 1. The molecule has 0 aliphatic carbocycles. The fraction of sp³-hybridized carbons (Fsp3) is 0.688. The third-order valence-corrected chi connectivity index (χ3v) is 5.16. The number of rotatable bonds is 2. The Morgan fingerprint density at radius 1 is 1.13 bits per heavy atom. The van der Waals surface area contributed by atoms with Crippen molar-refractivity contribution in [1.82, 2.24) is 24.6 Å². The molecule has 23 heavy (non-hydrogen) atoms. The molecule has 2 saturated heterocycles. The molecule has 7 heteroatoms. The highest BCUT2D eigenvalue weighted by Crippen LogP contribution is 2.28. The van der Waals surface area contributed by atoms with Gasteiger partial charge in [-0.1, -0.05) is 0 Å². The Balaban J connectivity index is 1.52. The maximum atomic E-state index is 9.73. The van der Waals surface area contributed by atoms with E-state index in [9.17, 15) is 5.11 Å². The van der Waals surface area contributed by atoms with Gasteiger partial charge in [-0.2, -0.15) is 5.10 Å². The average Bonchev–Trinajstić information content (AvgIpc) is 3.14. The van der Waals surface area contributed by atoms with Crippen LogP contribution in [0.2, 0.25) is 0 Å². The molecule has 0 spiro atoms. The van der Waals surface area contributed by atoms with Gasteiger partial charge in [-0.15, -0.1) is 0 Å². The molecule has 0 bridgehead atoms. The van der Waals surface area contributed by atoms with Gasteiger partial charge >= 0.3 is 0 Å². The summed E-state index contributed by atoms with van der Waals surface area (Å²) in [5.41, 5.74) is 0.900. The van der Waals surface area contributed by atoms with E-state index in [1.54, 1.807) is 0 Å². The fourth-order valence-corrected chi connectivity index (χ4v) is 3.90. The van der Waals surface area contributed by atoms with Crippen molar-refractivity contribution in [1.29, 1.82) is 0 Å². The van der Waals surface area contributed by atoms with Crippen LogP contribution < -0.4 is 4.90 Å². The molecule has 0 saturated carbocycles. The number of fused-ring (bicyclic) bond motifs is 1. The van der Waals surface area contributed by atoms with Crippen LogP contribution in [0.25, 0.3) is 11.0 Å².